The Kier molecular flexibility index (Phi) is 4.74. The number of carbonyl (C=O) groups excluding carboxylic acids is 1. The summed E-state index contributed by atoms with van der Waals surface area (Å²) in [4.78, 5) is 16.4. The summed E-state index contributed by atoms with van der Waals surface area (Å²) in [6.45, 7) is 6.06. The fourth-order valence-corrected chi connectivity index (χ4v) is 2.19. The predicted molar refractivity (Wildman–Crippen MR) is 74.4 cm³/mol. The van der Waals surface area contributed by atoms with Gasteiger partial charge in [-0.25, -0.2) is 4.98 Å². The van der Waals surface area contributed by atoms with Crippen molar-refractivity contribution in [2.75, 3.05) is 25.0 Å². The smallest absolute Gasteiger partial charge is 0.251 e. The van der Waals surface area contributed by atoms with E-state index in [1.165, 1.54) is 0 Å². The lowest BCUT2D eigenvalue weighted by Crippen LogP contribution is -2.31. The first-order valence-electron chi connectivity index (χ1n) is 6.81. The Labute approximate surface area is 113 Å². The number of ether oxygens (including phenoxy) is 1. The van der Waals surface area contributed by atoms with Gasteiger partial charge in [0, 0.05) is 31.0 Å². The van der Waals surface area contributed by atoms with Crippen LogP contribution in [0.25, 0.3) is 0 Å². The minimum Gasteiger partial charge on any atom is -0.376 e. The van der Waals surface area contributed by atoms with E-state index in [-0.39, 0.29) is 12.0 Å². The zero-order valence-electron chi connectivity index (χ0n) is 11.5. The van der Waals surface area contributed by atoms with Crippen molar-refractivity contribution in [3.63, 3.8) is 0 Å². The van der Waals surface area contributed by atoms with E-state index < -0.39 is 0 Å². The molecule has 5 heteroatoms. The molecule has 0 bridgehead atoms. The Bertz CT molecular complexity index is 442. The zero-order chi connectivity index (χ0) is 13.7. The molecule has 1 aliphatic heterocycles. The van der Waals surface area contributed by atoms with Crippen LogP contribution in [0.4, 0.5) is 5.82 Å². The Morgan fingerprint density at radius 3 is 3.05 bits per heavy atom. The normalized spacial score (nSPS) is 18.3. The number of anilines is 1. The van der Waals surface area contributed by atoms with Gasteiger partial charge in [-0.15, -0.1) is 0 Å². The molecule has 0 spiro atoms. The highest BCUT2D eigenvalue weighted by atomic mass is 16.5. The monoisotopic (exact) mass is 263 g/mol. The maximum atomic E-state index is 12.1. The molecule has 1 atom stereocenters. The van der Waals surface area contributed by atoms with E-state index in [4.69, 9.17) is 4.74 Å². The van der Waals surface area contributed by atoms with Crippen molar-refractivity contribution in [2.45, 2.75) is 32.8 Å². The van der Waals surface area contributed by atoms with Crippen molar-refractivity contribution < 1.29 is 9.53 Å². The van der Waals surface area contributed by atoms with Crippen LogP contribution in [0.15, 0.2) is 12.1 Å². The van der Waals surface area contributed by atoms with Gasteiger partial charge in [0.2, 0.25) is 0 Å². The minimum absolute atomic E-state index is 0.0693. The molecule has 0 saturated carbocycles. The molecule has 5 nitrogen and oxygen atoms in total. The Balaban J connectivity index is 1.97. The molecule has 0 aliphatic carbocycles. The molecule has 0 aromatic carbocycles. The molecule has 1 unspecified atom stereocenters. The molecular formula is C14H21N3O2. The van der Waals surface area contributed by atoms with Gasteiger partial charge in [-0.05, 0) is 38.8 Å². The molecule has 1 saturated heterocycles. The summed E-state index contributed by atoms with van der Waals surface area (Å²) in [5.41, 5.74) is 1.47. The van der Waals surface area contributed by atoms with Gasteiger partial charge in [0.25, 0.3) is 5.91 Å². The van der Waals surface area contributed by atoms with E-state index in [0.29, 0.717) is 12.1 Å². The van der Waals surface area contributed by atoms with Crippen LogP contribution in [-0.2, 0) is 4.74 Å². The molecule has 104 valence electrons. The summed E-state index contributed by atoms with van der Waals surface area (Å²) in [7, 11) is 0. The van der Waals surface area contributed by atoms with Crippen LogP contribution >= 0.6 is 0 Å². The number of hydrogen-bond donors (Lipinski definition) is 2. The van der Waals surface area contributed by atoms with Crippen molar-refractivity contribution in [1.82, 2.24) is 10.3 Å². The minimum atomic E-state index is -0.0693. The second kappa shape index (κ2) is 6.52. The van der Waals surface area contributed by atoms with Gasteiger partial charge in [-0.3, -0.25) is 4.79 Å². The molecule has 1 aromatic heterocycles. The average molecular weight is 263 g/mol. The number of hydrogen-bond acceptors (Lipinski definition) is 4. The van der Waals surface area contributed by atoms with Crippen LogP contribution in [0.3, 0.4) is 0 Å². The maximum Gasteiger partial charge on any atom is 0.251 e. The second-order valence-electron chi connectivity index (χ2n) is 4.76. The van der Waals surface area contributed by atoms with Gasteiger partial charge in [-0.2, -0.15) is 0 Å². The number of nitrogens with one attached hydrogen (secondary N) is 2. The van der Waals surface area contributed by atoms with Crippen molar-refractivity contribution in [2.24, 2.45) is 0 Å². The first-order chi connectivity index (χ1) is 9.19. The highest BCUT2D eigenvalue weighted by Gasteiger charge is 2.17. The van der Waals surface area contributed by atoms with E-state index in [1.807, 2.05) is 13.8 Å². The van der Waals surface area contributed by atoms with Gasteiger partial charge >= 0.3 is 0 Å². The van der Waals surface area contributed by atoms with Crippen molar-refractivity contribution in [3.05, 3.63) is 23.4 Å². The highest BCUT2D eigenvalue weighted by molar-refractivity contribution is 5.95. The summed E-state index contributed by atoms with van der Waals surface area (Å²) < 4.78 is 5.49. The lowest BCUT2D eigenvalue weighted by atomic mass is 10.2. The summed E-state index contributed by atoms with van der Waals surface area (Å²) in [5.74, 6) is 0.671. The lowest BCUT2D eigenvalue weighted by molar-refractivity contribution is 0.0857. The van der Waals surface area contributed by atoms with Crippen LogP contribution in [0.5, 0.6) is 0 Å². The number of nitrogens with zero attached hydrogens (tertiary/aromatic N) is 1. The number of aryl methyl sites for hydroxylation is 1. The van der Waals surface area contributed by atoms with E-state index in [2.05, 4.69) is 15.6 Å². The molecule has 1 amide bonds. The summed E-state index contributed by atoms with van der Waals surface area (Å²) >= 11 is 0. The van der Waals surface area contributed by atoms with Crippen LogP contribution in [-0.4, -0.2) is 36.7 Å². The summed E-state index contributed by atoms with van der Waals surface area (Å²) in [6.07, 6.45) is 2.28. The van der Waals surface area contributed by atoms with E-state index in [0.717, 1.165) is 37.5 Å². The third-order valence-electron chi connectivity index (χ3n) is 3.09. The number of rotatable bonds is 5. The molecule has 1 aliphatic rings. The molecule has 1 fully saturated rings. The van der Waals surface area contributed by atoms with E-state index in [1.54, 1.807) is 12.1 Å². The van der Waals surface area contributed by atoms with Crippen LogP contribution < -0.4 is 10.6 Å². The quantitative estimate of drug-likeness (QED) is 0.849. The summed E-state index contributed by atoms with van der Waals surface area (Å²) in [5, 5.41) is 6.04. The van der Waals surface area contributed by atoms with Crippen LogP contribution in [0, 0.1) is 6.92 Å². The maximum absolute atomic E-state index is 12.1. The third kappa shape index (κ3) is 3.92. The number of aromatic nitrogens is 1. The summed E-state index contributed by atoms with van der Waals surface area (Å²) in [6, 6.07) is 3.58. The Hall–Kier alpha value is -1.62. The van der Waals surface area contributed by atoms with Gasteiger partial charge in [-0.1, -0.05) is 0 Å². The topological polar surface area (TPSA) is 63.2 Å². The second-order valence-corrected chi connectivity index (χ2v) is 4.76. The molecule has 19 heavy (non-hydrogen) atoms. The molecule has 2 heterocycles. The highest BCUT2D eigenvalue weighted by Crippen LogP contribution is 2.12. The van der Waals surface area contributed by atoms with E-state index >= 15 is 0 Å². The van der Waals surface area contributed by atoms with Crippen LogP contribution in [0.1, 0.15) is 35.8 Å². The first-order valence-corrected chi connectivity index (χ1v) is 6.81. The number of carbonyl (C=O) groups is 1. The van der Waals surface area contributed by atoms with Crippen molar-refractivity contribution >= 4 is 11.7 Å². The lowest BCUT2D eigenvalue weighted by Gasteiger charge is -2.12. The molecule has 2 N–H and O–H groups in total. The van der Waals surface area contributed by atoms with Gasteiger partial charge in [0.15, 0.2) is 0 Å². The van der Waals surface area contributed by atoms with Crippen LogP contribution in [0.2, 0.25) is 0 Å². The fourth-order valence-electron chi connectivity index (χ4n) is 2.19. The zero-order valence-corrected chi connectivity index (χ0v) is 11.5. The largest absolute Gasteiger partial charge is 0.376 e. The molecule has 0 radical (unpaired) electrons. The van der Waals surface area contributed by atoms with Crippen molar-refractivity contribution in [3.8, 4) is 0 Å². The van der Waals surface area contributed by atoms with Gasteiger partial charge in [0.05, 0.1) is 6.10 Å². The third-order valence-corrected chi connectivity index (χ3v) is 3.09. The van der Waals surface area contributed by atoms with Gasteiger partial charge < -0.3 is 15.4 Å². The first kappa shape index (κ1) is 13.8. The molecule has 2 rings (SSSR count). The van der Waals surface area contributed by atoms with E-state index in [9.17, 15) is 4.79 Å². The average Bonchev–Trinajstić information content (AvgIpc) is 2.88. The SMILES string of the molecule is CCNc1cc(C(=O)NCC2CCCO2)cc(C)n1. The predicted octanol–water partition coefficient (Wildman–Crippen LogP) is 1.73. The number of amides is 1. The van der Waals surface area contributed by atoms with Crippen molar-refractivity contribution in [1.29, 1.82) is 0 Å². The van der Waals surface area contributed by atoms with Gasteiger partial charge in [0.1, 0.15) is 5.82 Å². The Morgan fingerprint density at radius 1 is 1.53 bits per heavy atom. The fraction of sp³-hybridized carbons (Fsp3) is 0.571. The number of pyridine rings is 1. The Morgan fingerprint density at radius 2 is 2.37 bits per heavy atom. The molecule has 1 aromatic rings. The standard InChI is InChI=1S/C14H21N3O2/c1-3-15-13-8-11(7-10(2)17-13)14(18)16-9-12-5-4-6-19-12/h7-8,12H,3-6,9H2,1-2H3,(H,15,17)(H,16,18). The molecular weight excluding hydrogens is 242 g/mol.